The van der Waals surface area contributed by atoms with Crippen LogP contribution in [0.2, 0.25) is 0 Å². The highest BCUT2D eigenvalue weighted by Crippen LogP contribution is 2.15. The summed E-state index contributed by atoms with van der Waals surface area (Å²) in [6, 6.07) is 6.51. The zero-order valence-electron chi connectivity index (χ0n) is 10.5. The van der Waals surface area contributed by atoms with E-state index in [2.05, 4.69) is 20.8 Å². The Bertz CT molecular complexity index is 636. The lowest BCUT2D eigenvalue weighted by Crippen LogP contribution is -2.19. The molecule has 20 heavy (non-hydrogen) atoms. The van der Waals surface area contributed by atoms with Crippen LogP contribution < -0.4 is 22.1 Å². The Kier molecular flexibility index (Phi) is 3.85. The largest absolute Gasteiger partial charge is 0.378 e. The van der Waals surface area contributed by atoms with Crippen LogP contribution in [-0.2, 0) is 6.54 Å². The molecule has 0 radical (unpaired) electrons. The summed E-state index contributed by atoms with van der Waals surface area (Å²) in [4.78, 5) is 21.9. The van der Waals surface area contributed by atoms with Crippen LogP contribution >= 0.6 is 0 Å². The molecule has 1 aromatic heterocycles. The molecule has 3 amide bonds. The fourth-order valence-electron chi connectivity index (χ4n) is 1.71. The molecule has 1 heterocycles. The highest BCUT2D eigenvalue weighted by molar-refractivity contribution is 5.96. The maximum absolute atomic E-state index is 11.1. The number of amides is 3. The standard InChI is InChI=1S/C12H14N6O2/c13-11(19)10-9(6-16-18-10)15-5-7-2-1-3-8(4-7)17-12(14)20/h1-4,6,15H,5H2,(H2,13,19)(H,16,18)(H3,14,17,20). The van der Waals surface area contributed by atoms with Gasteiger partial charge in [0.1, 0.15) is 5.69 Å². The van der Waals surface area contributed by atoms with Crippen molar-refractivity contribution in [3.63, 3.8) is 0 Å². The number of nitrogens with one attached hydrogen (secondary N) is 3. The van der Waals surface area contributed by atoms with Crippen LogP contribution in [0.15, 0.2) is 30.5 Å². The molecular weight excluding hydrogens is 260 g/mol. The van der Waals surface area contributed by atoms with Crippen LogP contribution in [-0.4, -0.2) is 22.1 Å². The first-order valence-electron chi connectivity index (χ1n) is 5.78. The number of nitrogens with zero attached hydrogens (tertiary/aromatic N) is 1. The first-order valence-corrected chi connectivity index (χ1v) is 5.78. The number of H-pyrrole nitrogens is 1. The molecule has 0 spiro atoms. The quantitative estimate of drug-likeness (QED) is 0.545. The van der Waals surface area contributed by atoms with Gasteiger partial charge in [-0.1, -0.05) is 12.1 Å². The molecule has 104 valence electrons. The molecule has 0 saturated heterocycles. The number of primary amides is 2. The summed E-state index contributed by atoms with van der Waals surface area (Å²) in [5.74, 6) is -0.589. The lowest BCUT2D eigenvalue weighted by molar-refractivity contribution is 0.0996. The molecule has 0 aliphatic rings. The van der Waals surface area contributed by atoms with E-state index in [-0.39, 0.29) is 5.69 Å². The van der Waals surface area contributed by atoms with E-state index in [4.69, 9.17) is 11.5 Å². The molecule has 0 atom stereocenters. The number of carbonyl (C=O) groups is 2. The molecule has 0 aliphatic heterocycles. The van der Waals surface area contributed by atoms with Gasteiger partial charge in [0.25, 0.3) is 5.91 Å². The van der Waals surface area contributed by atoms with E-state index in [1.165, 1.54) is 6.20 Å². The van der Waals surface area contributed by atoms with Crippen LogP contribution in [0, 0.1) is 0 Å². The predicted molar refractivity (Wildman–Crippen MR) is 74.1 cm³/mol. The van der Waals surface area contributed by atoms with Crippen molar-refractivity contribution in [3.8, 4) is 0 Å². The average Bonchev–Trinajstić information content (AvgIpc) is 2.84. The predicted octanol–water partition coefficient (Wildman–Crippen LogP) is 0.611. The Labute approximate surface area is 114 Å². The number of rotatable bonds is 5. The molecule has 2 rings (SSSR count). The van der Waals surface area contributed by atoms with Crippen molar-refractivity contribution in [1.82, 2.24) is 10.2 Å². The molecule has 0 saturated carbocycles. The van der Waals surface area contributed by atoms with Gasteiger partial charge in [-0.2, -0.15) is 5.10 Å². The van der Waals surface area contributed by atoms with E-state index >= 15 is 0 Å². The number of carbonyl (C=O) groups excluding carboxylic acids is 2. The highest BCUT2D eigenvalue weighted by Gasteiger charge is 2.09. The number of urea groups is 1. The van der Waals surface area contributed by atoms with Crippen LogP contribution in [0.25, 0.3) is 0 Å². The van der Waals surface area contributed by atoms with E-state index in [0.717, 1.165) is 5.56 Å². The molecule has 2 aromatic rings. The van der Waals surface area contributed by atoms with Gasteiger partial charge in [-0.3, -0.25) is 9.89 Å². The number of benzene rings is 1. The SMILES string of the molecule is NC(=O)Nc1cccc(CNc2cn[nH]c2C(N)=O)c1. The maximum atomic E-state index is 11.1. The minimum absolute atomic E-state index is 0.219. The van der Waals surface area contributed by atoms with E-state index in [1.54, 1.807) is 18.2 Å². The van der Waals surface area contributed by atoms with Gasteiger partial charge in [-0.05, 0) is 17.7 Å². The molecule has 1 aromatic carbocycles. The number of aromatic amines is 1. The lowest BCUT2D eigenvalue weighted by atomic mass is 10.2. The van der Waals surface area contributed by atoms with Crippen molar-refractivity contribution >= 4 is 23.3 Å². The Morgan fingerprint density at radius 1 is 1.30 bits per heavy atom. The molecule has 0 aliphatic carbocycles. The molecule has 0 unspecified atom stereocenters. The van der Waals surface area contributed by atoms with E-state index in [9.17, 15) is 9.59 Å². The molecule has 8 nitrogen and oxygen atoms in total. The topological polar surface area (TPSA) is 139 Å². The zero-order valence-corrected chi connectivity index (χ0v) is 10.5. The van der Waals surface area contributed by atoms with Gasteiger partial charge in [0.05, 0.1) is 11.9 Å². The van der Waals surface area contributed by atoms with Gasteiger partial charge in [0.15, 0.2) is 0 Å². The normalized spacial score (nSPS) is 10.0. The van der Waals surface area contributed by atoms with Crippen molar-refractivity contribution in [2.45, 2.75) is 6.54 Å². The molecule has 0 fully saturated rings. The first kappa shape index (κ1) is 13.4. The van der Waals surface area contributed by atoms with Crippen molar-refractivity contribution in [2.75, 3.05) is 10.6 Å². The number of nitrogens with two attached hydrogens (primary N) is 2. The molecular formula is C12H14N6O2. The Morgan fingerprint density at radius 2 is 2.10 bits per heavy atom. The van der Waals surface area contributed by atoms with E-state index < -0.39 is 11.9 Å². The van der Waals surface area contributed by atoms with Crippen LogP contribution in [0.3, 0.4) is 0 Å². The maximum Gasteiger partial charge on any atom is 0.316 e. The Hall–Kier alpha value is -3.03. The van der Waals surface area contributed by atoms with Crippen molar-refractivity contribution in [3.05, 3.63) is 41.7 Å². The summed E-state index contributed by atoms with van der Waals surface area (Å²) in [6.45, 7) is 0.439. The second-order valence-electron chi connectivity index (χ2n) is 4.07. The van der Waals surface area contributed by atoms with E-state index in [0.29, 0.717) is 17.9 Å². The molecule has 0 bridgehead atoms. The summed E-state index contributed by atoms with van der Waals surface area (Å²) in [5, 5.41) is 11.8. The second kappa shape index (κ2) is 5.74. The summed E-state index contributed by atoms with van der Waals surface area (Å²) in [5.41, 5.74) is 12.5. The van der Waals surface area contributed by atoms with Gasteiger partial charge in [-0.25, -0.2) is 4.79 Å². The van der Waals surface area contributed by atoms with Gasteiger partial charge < -0.3 is 22.1 Å². The fraction of sp³-hybridized carbons (Fsp3) is 0.0833. The highest BCUT2D eigenvalue weighted by atomic mass is 16.2. The second-order valence-corrected chi connectivity index (χ2v) is 4.07. The van der Waals surface area contributed by atoms with Crippen molar-refractivity contribution in [1.29, 1.82) is 0 Å². The number of anilines is 2. The number of hydrogen-bond acceptors (Lipinski definition) is 4. The minimum atomic E-state index is -0.624. The molecule has 8 heteroatoms. The monoisotopic (exact) mass is 274 g/mol. The Balaban J connectivity index is 2.05. The van der Waals surface area contributed by atoms with Gasteiger partial charge in [-0.15, -0.1) is 0 Å². The minimum Gasteiger partial charge on any atom is -0.378 e. The van der Waals surface area contributed by atoms with Crippen molar-refractivity contribution < 1.29 is 9.59 Å². The zero-order chi connectivity index (χ0) is 14.5. The fourth-order valence-corrected chi connectivity index (χ4v) is 1.71. The summed E-state index contributed by atoms with van der Waals surface area (Å²) in [6.07, 6.45) is 1.48. The van der Waals surface area contributed by atoms with Crippen molar-refractivity contribution in [2.24, 2.45) is 11.5 Å². The molecule has 7 N–H and O–H groups in total. The van der Waals surface area contributed by atoms with Crippen LogP contribution in [0.1, 0.15) is 16.1 Å². The number of hydrogen-bond donors (Lipinski definition) is 5. The summed E-state index contributed by atoms with van der Waals surface area (Å²) < 4.78 is 0. The van der Waals surface area contributed by atoms with E-state index in [1.807, 2.05) is 6.07 Å². The summed E-state index contributed by atoms with van der Waals surface area (Å²) >= 11 is 0. The first-order chi connectivity index (χ1) is 9.56. The van der Waals surface area contributed by atoms with Gasteiger partial charge >= 0.3 is 6.03 Å². The third-order valence-corrected chi connectivity index (χ3v) is 2.56. The van der Waals surface area contributed by atoms with Gasteiger partial charge in [0, 0.05) is 12.2 Å². The third kappa shape index (κ3) is 3.25. The lowest BCUT2D eigenvalue weighted by Gasteiger charge is -2.07. The van der Waals surface area contributed by atoms with Gasteiger partial charge in [0.2, 0.25) is 0 Å². The number of aromatic nitrogens is 2. The smallest absolute Gasteiger partial charge is 0.316 e. The van der Waals surface area contributed by atoms with Crippen LogP contribution in [0.5, 0.6) is 0 Å². The summed E-state index contributed by atoms with van der Waals surface area (Å²) in [7, 11) is 0. The third-order valence-electron chi connectivity index (χ3n) is 2.56. The average molecular weight is 274 g/mol. The van der Waals surface area contributed by atoms with Crippen LogP contribution in [0.4, 0.5) is 16.2 Å². The Morgan fingerprint density at radius 3 is 2.80 bits per heavy atom.